The van der Waals surface area contributed by atoms with Crippen LogP contribution in [0.4, 0.5) is 11.6 Å². The average Bonchev–Trinajstić information content (AvgIpc) is 3.17. The Labute approximate surface area is 163 Å². The summed E-state index contributed by atoms with van der Waals surface area (Å²) in [7, 11) is 0. The lowest BCUT2D eigenvalue weighted by atomic mass is 10.1. The lowest BCUT2D eigenvalue weighted by Crippen LogP contribution is -2.32. The molecule has 4 heterocycles. The molecule has 1 amide bonds. The Morgan fingerprint density at radius 3 is 2.57 bits per heavy atom. The molecule has 28 heavy (non-hydrogen) atoms. The van der Waals surface area contributed by atoms with Crippen molar-refractivity contribution in [3.63, 3.8) is 0 Å². The highest BCUT2D eigenvalue weighted by Gasteiger charge is 2.34. The number of anilines is 2. The fourth-order valence-electron chi connectivity index (χ4n) is 3.53. The third kappa shape index (κ3) is 3.69. The second-order valence-corrected chi connectivity index (χ2v) is 6.90. The Morgan fingerprint density at radius 2 is 1.79 bits per heavy atom. The zero-order valence-corrected chi connectivity index (χ0v) is 16.0. The maximum Gasteiger partial charge on any atom is 0.273 e. The van der Waals surface area contributed by atoms with Crippen LogP contribution in [-0.2, 0) is 0 Å². The molecular weight excluding hydrogens is 352 g/mol. The SMILES string of the molecule is Cc1cccc(Nc2nccnc2[C@H]2CCCN2C(=O)c2cccc(C)n2)n1. The zero-order chi connectivity index (χ0) is 19.5. The van der Waals surface area contributed by atoms with Crippen LogP contribution in [0.2, 0.25) is 0 Å². The van der Waals surface area contributed by atoms with E-state index in [9.17, 15) is 4.79 Å². The second-order valence-electron chi connectivity index (χ2n) is 6.90. The van der Waals surface area contributed by atoms with Gasteiger partial charge in [-0.25, -0.2) is 15.0 Å². The number of carbonyl (C=O) groups is 1. The van der Waals surface area contributed by atoms with E-state index in [4.69, 9.17) is 0 Å². The number of nitrogens with zero attached hydrogens (tertiary/aromatic N) is 5. The Kier molecular flexibility index (Phi) is 4.97. The number of amides is 1. The Bertz CT molecular complexity index is 1010. The zero-order valence-electron chi connectivity index (χ0n) is 16.0. The first-order valence-corrected chi connectivity index (χ1v) is 9.38. The number of rotatable bonds is 4. The van der Waals surface area contributed by atoms with Crippen LogP contribution in [0.5, 0.6) is 0 Å². The van der Waals surface area contributed by atoms with Crippen LogP contribution in [0.15, 0.2) is 48.8 Å². The Balaban J connectivity index is 1.64. The molecule has 7 heteroatoms. The van der Waals surface area contributed by atoms with Crippen LogP contribution < -0.4 is 5.32 Å². The van der Waals surface area contributed by atoms with E-state index in [1.54, 1.807) is 18.5 Å². The van der Waals surface area contributed by atoms with Crippen LogP contribution >= 0.6 is 0 Å². The number of carbonyl (C=O) groups excluding carboxylic acids is 1. The number of likely N-dealkylation sites (tertiary alicyclic amines) is 1. The summed E-state index contributed by atoms with van der Waals surface area (Å²) in [6.07, 6.45) is 5.06. The number of nitrogens with one attached hydrogen (secondary N) is 1. The molecule has 0 aromatic carbocycles. The average molecular weight is 374 g/mol. The molecule has 1 saturated heterocycles. The van der Waals surface area contributed by atoms with E-state index in [0.29, 0.717) is 23.9 Å². The number of hydrogen-bond acceptors (Lipinski definition) is 6. The minimum Gasteiger partial charge on any atom is -0.329 e. The summed E-state index contributed by atoms with van der Waals surface area (Å²) in [4.78, 5) is 32.8. The van der Waals surface area contributed by atoms with Gasteiger partial charge in [0.05, 0.1) is 6.04 Å². The number of aryl methyl sites for hydroxylation is 2. The maximum absolute atomic E-state index is 13.1. The molecular formula is C21H22N6O. The molecule has 3 aromatic rings. The molecule has 1 fully saturated rings. The quantitative estimate of drug-likeness (QED) is 0.751. The molecule has 0 aliphatic carbocycles. The Hall–Kier alpha value is -3.35. The number of hydrogen-bond donors (Lipinski definition) is 1. The molecule has 0 spiro atoms. The normalized spacial score (nSPS) is 16.2. The van der Waals surface area contributed by atoms with Crippen molar-refractivity contribution < 1.29 is 4.79 Å². The van der Waals surface area contributed by atoms with Gasteiger partial charge in [0.1, 0.15) is 17.2 Å². The van der Waals surface area contributed by atoms with Crippen molar-refractivity contribution in [2.45, 2.75) is 32.7 Å². The van der Waals surface area contributed by atoms with E-state index in [-0.39, 0.29) is 11.9 Å². The highest BCUT2D eigenvalue weighted by atomic mass is 16.2. The molecule has 1 atom stereocenters. The summed E-state index contributed by atoms with van der Waals surface area (Å²) in [5.41, 5.74) is 2.96. The summed E-state index contributed by atoms with van der Waals surface area (Å²) in [6, 6.07) is 11.1. The molecule has 1 N–H and O–H groups in total. The molecule has 142 valence electrons. The van der Waals surface area contributed by atoms with Gasteiger partial charge >= 0.3 is 0 Å². The van der Waals surface area contributed by atoms with Crippen LogP contribution in [0.3, 0.4) is 0 Å². The van der Waals surface area contributed by atoms with Gasteiger partial charge in [-0.3, -0.25) is 9.78 Å². The van der Waals surface area contributed by atoms with Crippen molar-refractivity contribution in [1.29, 1.82) is 0 Å². The van der Waals surface area contributed by atoms with Gasteiger partial charge in [0.25, 0.3) is 5.91 Å². The number of aromatic nitrogens is 4. The van der Waals surface area contributed by atoms with E-state index in [2.05, 4.69) is 25.3 Å². The van der Waals surface area contributed by atoms with Crippen molar-refractivity contribution in [1.82, 2.24) is 24.8 Å². The van der Waals surface area contributed by atoms with Crippen LogP contribution in [0.25, 0.3) is 0 Å². The summed E-state index contributed by atoms with van der Waals surface area (Å²) in [5, 5.41) is 3.26. The summed E-state index contributed by atoms with van der Waals surface area (Å²) in [6.45, 7) is 4.50. The molecule has 0 saturated carbocycles. The first-order valence-electron chi connectivity index (χ1n) is 9.38. The largest absolute Gasteiger partial charge is 0.329 e. The summed E-state index contributed by atoms with van der Waals surface area (Å²) in [5.74, 6) is 1.26. The maximum atomic E-state index is 13.1. The monoisotopic (exact) mass is 374 g/mol. The highest BCUT2D eigenvalue weighted by Crippen LogP contribution is 2.35. The standard InChI is InChI=1S/C21H22N6O/c1-14-6-3-8-16(24-14)21(28)27-13-5-9-17(27)19-20(23-12-11-22-19)26-18-10-4-7-15(2)25-18/h3-4,6-8,10-12,17H,5,9,13H2,1-2H3,(H,23,25,26)/t17-/m1/s1. The van der Waals surface area contributed by atoms with Crippen molar-refractivity contribution in [3.05, 3.63) is 71.6 Å². The molecule has 0 unspecified atom stereocenters. The van der Waals surface area contributed by atoms with E-state index in [0.717, 1.165) is 29.9 Å². The molecule has 0 radical (unpaired) electrons. The van der Waals surface area contributed by atoms with Gasteiger partial charge in [0, 0.05) is 30.3 Å². The van der Waals surface area contributed by atoms with Gasteiger partial charge in [-0.15, -0.1) is 0 Å². The van der Waals surface area contributed by atoms with Gasteiger partial charge in [-0.1, -0.05) is 12.1 Å². The van der Waals surface area contributed by atoms with Crippen molar-refractivity contribution >= 4 is 17.5 Å². The minimum atomic E-state index is -0.143. The van der Waals surface area contributed by atoms with E-state index >= 15 is 0 Å². The predicted molar refractivity (Wildman–Crippen MR) is 106 cm³/mol. The lowest BCUT2D eigenvalue weighted by Gasteiger charge is -2.25. The molecule has 1 aliphatic heterocycles. The Morgan fingerprint density at radius 1 is 1.04 bits per heavy atom. The van der Waals surface area contributed by atoms with Crippen LogP contribution in [0.1, 0.15) is 46.5 Å². The minimum absolute atomic E-state index is 0.0727. The van der Waals surface area contributed by atoms with Gasteiger partial charge in [-0.2, -0.15) is 0 Å². The van der Waals surface area contributed by atoms with Gasteiger partial charge < -0.3 is 10.2 Å². The van der Waals surface area contributed by atoms with Gasteiger partial charge in [0.15, 0.2) is 5.82 Å². The third-order valence-corrected chi connectivity index (χ3v) is 4.80. The fourth-order valence-corrected chi connectivity index (χ4v) is 3.53. The van der Waals surface area contributed by atoms with Gasteiger partial charge in [-0.05, 0) is 51.0 Å². The van der Waals surface area contributed by atoms with E-state index in [1.165, 1.54) is 0 Å². The van der Waals surface area contributed by atoms with Gasteiger partial charge in [0.2, 0.25) is 0 Å². The first-order chi connectivity index (χ1) is 13.6. The van der Waals surface area contributed by atoms with Crippen LogP contribution in [-0.4, -0.2) is 37.3 Å². The second kappa shape index (κ2) is 7.72. The number of pyridine rings is 2. The smallest absolute Gasteiger partial charge is 0.273 e. The van der Waals surface area contributed by atoms with Crippen molar-refractivity contribution in [2.75, 3.05) is 11.9 Å². The molecule has 4 rings (SSSR count). The molecule has 3 aromatic heterocycles. The lowest BCUT2D eigenvalue weighted by molar-refractivity contribution is 0.0727. The third-order valence-electron chi connectivity index (χ3n) is 4.80. The summed E-state index contributed by atoms with van der Waals surface area (Å²) < 4.78 is 0. The fraction of sp³-hybridized carbons (Fsp3) is 0.286. The molecule has 1 aliphatic rings. The highest BCUT2D eigenvalue weighted by molar-refractivity contribution is 5.93. The topological polar surface area (TPSA) is 83.9 Å². The van der Waals surface area contributed by atoms with E-state index in [1.807, 2.05) is 49.1 Å². The molecule has 0 bridgehead atoms. The van der Waals surface area contributed by atoms with Crippen molar-refractivity contribution in [3.8, 4) is 0 Å². The van der Waals surface area contributed by atoms with Crippen molar-refractivity contribution in [2.24, 2.45) is 0 Å². The summed E-state index contributed by atoms with van der Waals surface area (Å²) >= 11 is 0. The van der Waals surface area contributed by atoms with Crippen LogP contribution in [0, 0.1) is 13.8 Å². The predicted octanol–water partition coefficient (Wildman–Crippen LogP) is 3.60. The molecule has 7 nitrogen and oxygen atoms in total. The first kappa shape index (κ1) is 18.0. The van der Waals surface area contributed by atoms with E-state index < -0.39 is 0 Å².